The molecule has 0 amide bonds. The first-order valence-electron chi connectivity index (χ1n) is 6.12. The van der Waals surface area contributed by atoms with E-state index in [1.807, 2.05) is 19.2 Å². The fourth-order valence-electron chi connectivity index (χ4n) is 1.96. The maximum Gasteiger partial charge on any atom is 0.181 e. The number of fused-ring (bicyclic) bond motifs is 1. The normalized spacial score (nSPS) is 13.8. The van der Waals surface area contributed by atoms with Crippen molar-refractivity contribution in [2.24, 2.45) is 0 Å². The van der Waals surface area contributed by atoms with Crippen LogP contribution in [0, 0.1) is 0 Å². The van der Waals surface area contributed by atoms with Crippen molar-refractivity contribution in [3.63, 3.8) is 0 Å². The van der Waals surface area contributed by atoms with Gasteiger partial charge in [-0.05, 0) is 13.8 Å². The number of carbonyl (C=O) groups excluding carboxylic acids is 1. The van der Waals surface area contributed by atoms with Gasteiger partial charge in [-0.1, -0.05) is 0 Å². The molecule has 100 valence electrons. The van der Waals surface area contributed by atoms with Crippen LogP contribution in [0.15, 0.2) is 11.6 Å². The molecule has 0 unspecified atom stereocenters. The Morgan fingerprint density at radius 3 is 2.95 bits per heavy atom. The minimum absolute atomic E-state index is 0.209. The minimum atomic E-state index is 0.209. The third kappa shape index (κ3) is 2.02. The van der Waals surface area contributed by atoms with Crippen LogP contribution in [0.25, 0.3) is 10.6 Å². The Balaban J connectivity index is 2.11. The van der Waals surface area contributed by atoms with Gasteiger partial charge in [-0.15, -0.1) is 11.3 Å². The van der Waals surface area contributed by atoms with Crippen LogP contribution < -0.4 is 9.47 Å². The molecule has 0 spiro atoms. The lowest BCUT2D eigenvalue weighted by Crippen LogP contribution is -2.14. The summed E-state index contributed by atoms with van der Waals surface area (Å²) in [5, 5.41) is 6.39. The molecular formula is C13H14N2O3S. The van der Waals surface area contributed by atoms with Gasteiger partial charge in [0.2, 0.25) is 0 Å². The molecule has 0 saturated heterocycles. The van der Waals surface area contributed by atoms with E-state index < -0.39 is 0 Å². The van der Waals surface area contributed by atoms with E-state index in [9.17, 15) is 4.79 Å². The second-order valence-electron chi connectivity index (χ2n) is 4.58. The molecule has 2 aromatic heterocycles. The predicted molar refractivity (Wildman–Crippen MR) is 72.3 cm³/mol. The van der Waals surface area contributed by atoms with E-state index in [0.717, 1.165) is 16.9 Å². The lowest BCUT2D eigenvalue weighted by Gasteiger charge is -2.15. The van der Waals surface area contributed by atoms with Gasteiger partial charge in [0.15, 0.2) is 17.8 Å². The molecule has 0 N–H and O–H groups in total. The smallest absolute Gasteiger partial charge is 0.181 e. The van der Waals surface area contributed by atoms with Gasteiger partial charge in [0.1, 0.15) is 23.8 Å². The number of nitrogens with zero attached hydrogens (tertiary/aromatic N) is 2. The molecule has 1 aliphatic heterocycles. The van der Waals surface area contributed by atoms with E-state index in [1.54, 1.807) is 10.9 Å². The molecule has 0 radical (unpaired) electrons. The summed E-state index contributed by atoms with van der Waals surface area (Å²) >= 11 is 1.49. The molecule has 0 saturated carbocycles. The maximum atomic E-state index is 11.2. The van der Waals surface area contributed by atoms with Gasteiger partial charge in [0.25, 0.3) is 0 Å². The first-order valence-corrected chi connectivity index (χ1v) is 7.00. The molecule has 0 atom stereocenters. The molecule has 3 rings (SSSR count). The highest BCUT2D eigenvalue weighted by atomic mass is 32.1. The number of hydrogen-bond acceptors (Lipinski definition) is 5. The molecule has 0 fully saturated rings. The summed E-state index contributed by atoms with van der Waals surface area (Å²) in [7, 11) is 0. The highest BCUT2D eigenvalue weighted by molar-refractivity contribution is 7.14. The fraction of sp³-hybridized carbons (Fsp3) is 0.385. The van der Waals surface area contributed by atoms with Crippen LogP contribution in [-0.2, 0) is 0 Å². The number of aldehydes is 1. The third-order valence-corrected chi connectivity index (χ3v) is 3.88. The van der Waals surface area contributed by atoms with Crippen LogP contribution in [0.1, 0.15) is 30.2 Å². The molecule has 0 aliphatic carbocycles. The Morgan fingerprint density at radius 2 is 2.21 bits per heavy atom. The Labute approximate surface area is 114 Å². The summed E-state index contributed by atoms with van der Waals surface area (Å²) in [4.78, 5) is 12.1. The molecule has 5 nitrogen and oxygen atoms in total. The van der Waals surface area contributed by atoms with E-state index in [2.05, 4.69) is 5.10 Å². The standard InChI is InChI=1S/C13H14N2O3S/c1-8(2)15-5-9(6-16)11(14-15)13-12-10(7-19-13)17-3-4-18-12/h5-8H,3-4H2,1-2H3. The van der Waals surface area contributed by atoms with Crippen molar-refractivity contribution in [2.45, 2.75) is 19.9 Å². The van der Waals surface area contributed by atoms with Crippen molar-refractivity contribution in [3.8, 4) is 22.1 Å². The van der Waals surface area contributed by atoms with E-state index in [0.29, 0.717) is 30.2 Å². The summed E-state index contributed by atoms with van der Waals surface area (Å²) in [6.45, 7) is 5.13. The van der Waals surface area contributed by atoms with Gasteiger partial charge >= 0.3 is 0 Å². The Bertz CT molecular complexity index is 615. The van der Waals surface area contributed by atoms with E-state index in [4.69, 9.17) is 9.47 Å². The molecule has 0 aromatic carbocycles. The van der Waals surface area contributed by atoms with Crippen molar-refractivity contribution < 1.29 is 14.3 Å². The fourth-order valence-corrected chi connectivity index (χ4v) is 2.90. The predicted octanol–water partition coefficient (Wildman–Crippen LogP) is 2.78. The first-order chi connectivity index (χ1) is 9.20. The highest BCUT2D eigenvalue weighted by Gasteiger charge is 2.24. The van der Waals surface area contributed by atoms with Crippen LogP contribution in [0.3, 0.4) is 0 Å². The Kier molecular flexibility index (Phi) is 3.02. The average molecular weight is 278 g/mol. The Hall–Kier alpha value is -1.82. The van der Waals surface area contributed by atoms with Gasteiger partial charge in [-0.2, -0.15) is 5.10 Å². The van der Waals surface area contributed by atoms with Gasteiger partial charge in [-0.25, -0.2) is 0 Å². The number of rotatable bonds is 3. The van der Waals surface area contributed by atoms with Crippen molar-refractivity contribution in [1.82, 2.24) is 9.78 Å². The topological polar surface area (TPSA) is 53.4 Å². The molecule has 2 aromatic rings. The van der Waals surface area contributed by atoms with Gasteiger partial charge in [0.05, 0.1) is 5.56 Å². The van der Waals surface area contributed by atoms with E-state index >= 15 is 0 Å². The maximum absolute atomic E-state index is 11.2. The number of aromatic nitrogens is 2. The average Bonchev–Trinajstić information content (AvgIpc) is 3.01. The van der Waals surface area contributed by atoms with Crippen molar-refractivity contribution in [3.05, 3.63) is 17.1 Å². The SMILES string of the molecule is CC(C)n1cc(C=O)c(-c2scc3c2OCCO3)n1. The number of ether oxygens (including phenoxy) is 2. The number of carbonyl (C=O) groups is 1. The lowest BCUT2D eigenvalue weighted by atomic mass is 10.2. The molecule has 19 heavy (non-hydrogen) atoms. The molecule has 0 bridgehead atoms. The van der Waals surface area contributed by atoms with Gasteiger partial charge in [0, 0.05) is 17.6 Å². The van der Waals surface area contributed by atoms with E-state index in [-0.39, 0.29) is 6.04 Å². The molecule has 3 heterocycles. The van der Waals surface area contributed by atoms with Gasteiger partial charge < -0.3 is 9.47 Å². The van der Waals surface area contributed by atoms with Gasteiger partial charge in [-0.3, -0.25) is 9.48 Å². The zero-order valence-electron chi connectivity index (χ0n) is 10.8. The van der Waals surface area contributed by atoms with E-state index in [1.165, 1.54) is 11.3 Å². The number of hydrogen-bond donors (Lipinski definition) is 0. The monoisotopic (exact) mass is 278 g/mol. The summed E-state index contributed by atoms with van der Waals surface area (Å²) < 4.78 is 12.9. The summed E-state index contributed by atoms with van der Waals surface area (Å²) in [6, 6.07) is 0.209. The summed E-state index contributed by atoms with van der Waals surface area (Å²) in [6.07, 6.45) is 2.60. The van der Waals surface area contributed by atoms with Crippen LogP contribution in [-0.4, -0.2) is 29.3 Å². The second-order valence-corrected chi connectivity index (χ2v) is 5.46. The van der Waals surface area contributed by atoms with Crippen LogP contribution in [0.4, 0.5) is 0 Å². The Morgan fingerprint density at radius 1 is 1.42 bits per heavy atom. The lowest BCUT2D eigenvalue weighted by molar-refractivity contribution is 0.112. The molecular weight excluding hydrogens is 264 g/mol. The van der Waals surface area contributed by atoms with Crippen molar-refractivity contribution >= 4 is 17.6 Å². The van der Waals surface area contributed by atoms with Crippen molar-refractivity contribution in [2.75, 3.05) is 13.2 Å². The zero-order valence-corrected chi connectivity index (χ0v) is 11.6. The molecule has 1 aliphatic rings. The first kappa shape index (κ1) is 12.2. The zero-order chi connectivity index (χ0) is 13.4. The quantitative estimate of drug-likeness (QED) is 0.810. The van der Waals surface area contributed by atoms with Crippen LogP contribution in [0.5, 0.6) is 11.5 Å². The third-order valence-electron chi connectivity index (χ3n) is 2.93. The molecule has 6 heteroatoms. The second kappa shape index (κ2) is 4.70. The summed E-state index contributed by atoms with van der Waals surface area (Å²) in [5.74, 6) is 1.44. The minimum Gasteiger partial charge on any atom is -0.485 e. The highest BCUT2D eigenvalue weighted by Crippen LogP contribution is 2.45. The van der Waals surface area contributed by atoms with Crippen LogP contribution in [0.2, 0.25) is 0 Å². The van der Waals surface area contributed by atoms with Crippen LogP contribution >= 0.6 is 11.3 Å². The summed E-state index contributed by atoms with van der Waals surface area (Å²) in [5.41, 5.74) is 1.24. The largest absolute Gasteiger partial charge is 0.485 e. The van der Waals surface area contributed by atoms with Crippen molar-refractivity contribution in [1.29, 1.82) is 0 Å². The number of thiophene rings is 1.